The van der Waals surface area contributed by atoms with E-state index in [4.69, 9.17) is 27.9 Å². The van der Waals surface area contributed by atoms with Crippen molar-refractivity contribution in [3.05, 3.63) is 74.1 Å². The number of methoxy groups -OCH3 is 1. The number of amides is 2. The summed E-state index contributed by atoms with van der Waals surface area (Å²) in [7, 11) is 1.36. The zero-order valence-electron chi connectivity index (χ0n) is 19.5. The number of esters is 1. The van der Waals surface area contributed by atoms with Crippen LogP contribution < -0.4 is 10.6 Å². The van der Waals surface area contributed by atoms with E-state index in [0.29, 0.717) is 26.8 Å². The molecule has 2 amide bonds. The van der Waals surface area contributed by atoms with Gasteiger partial charge in [0.15, 0.2) is 0 Å². The summed E-state index contributed by atoms with van der Waals surface area (Å²) in [4.78, 5) is 39.8. The van der Waals surface area contributed by atoms with Gasteiger partial charge in [-0.2, -0.15) is 0 Å². The number of carbonyl (C=O) groups excluding carboxylic acids is 3. The number of fused-ring (bicyclic) bond motifs is 1. The van der Waals surface area contributed by atoms with Crippen molar-refractivity contribution >= 4 is 74.8 Å². The Hall–Kier alpha value is -2.52. The second-order valence-electron chi connectivity index (χ2n) is 8.20. The summed E-state index contributed by atoms with van der Waals surface area (Å²) in [6.45, 7) is 0. The van der Waals surface area contributed by atoms with Crippen molar-refractivity contribution in [1.82, 2.24) is 0 Å². The van der Waals surface area contributed by atoms with Crippen LogP contribution in [0.15, 0.2) is 47.4 Å². The lowest BCUT2D eigenvalue weighted by molar-refractivity contribution is -0.113. The lowest BCUT2D eigenvalue weighted by Gasteiger charge is -2.09. The third kappa shape index (κ3) is 6.42. The number of anilines is 2. The van der Waals surface area contributed by atoms with Gasteiger partial charge >= 0.3 is 5.97 Å². The summed E-state index contributed by atoms with van der Waals surface area (Å²) in [6.07, 6.45) is 4.96. The van der Waals surface area contributed by atoms with Crippen molar-refractivity contribution in [2.75, 3.05) is 23.5 Å². The standard InChI is InChI=1S/C26H24Cl2N2O4S2/c1-34-26(33)23-19-8-3-2-4-9-21(19)36-25(23)30-22(31)14-35-17-7-5-6-16(13-17)29-24(32)18-11-10-15(27)12-20(18)28/h5-7,10-13H,2-4,8-9,14H2,1H3,(H,29,32)(H,30,31). The predicted octanol–water partition coefficient (Wildman–Crippen LogP) is 7.09. The van der Waals surface area contributed by atoms with E-state index in [1.165, 1.54) is 36.3 Å². The molecule has 2 aromatic carbocycles. The van der Waals surface area contributed by atoms with Crippen LogP contribution in [0.1, 0.15) is 50.4 Å². The number of thioether (sulfide) groups is 1. The summed E-state index contributed by atoms with van der Waals surface area (Å²) in [5, 5.41) is 7.00. The van der Waals surface area contributed by atoms with Crippen LogP contribution in [0.2, 0.25) is 10.0 Å². The summed E-state index contributed by atoms with van der Waals surface area (Å²) in [5.74, 6) is -0.848. The fourth-order valence-corrected chi connectivity index (χ4v) is 6.54. The number of nitrogens with one attached hydrogen (secondary N) is 2. The van der Waals surface area contributed by atoms with Gasteiger partial charge in [0.05, 0.1) is 29.0 Å². The van der Waals surface area contributed by atoms with Crippen LogP contribution in [-0.4, -0.2) is 30.6 Å². The molecule has 188 valence electrons. The third-order valence-electron chi connectivity index (χ3n) is 5.70. The molecule has 4 rings (SSSR count). The van der Waals surface area contributed by atoms with Crippen molar-refractivity contribution < 1.29 is 19.1 Å². The van der Waals surface area contributed by atoms with Gasteiger partial charge in [-0.25, -0.2) is 4.79 Å². The topological polar surface area (TPSA) is 84.5 Å². The zero-order chi connectivity index (χ0) is 25.7. The smallest absolute Gasteiger partial charge is 0.341 e. The molecular formula is C26H24Cl2N2O4S2. The van der Waals surface area contributed by atoms with Gasteiger partial charge in [-0.15, -0.1) is 23.1 Å². The molecule has 0 radical (unpaired) electrons. The molecule has 3 aromatic rings. The summed E-state index contributed by atoms with van der Waals surface area (Å²) < 4.78 is 5.00. The molecule has 36 heavy (non-hydrogen) atoms. The molecule has 0 saturated heterocycles. The number of halogens is 2. The number of thiophene rings is 1. The fraction of sp³-hybridized carbons (Fsp3) is 0.269. The number of carbonyl (C=O) groups is 3. The first kappa shape index (κ1) is 26.5. The summed E-state index contributed by atoms with van der Waals surface area (Å²) in [5.41, 5.74) is 2.39. The number of aryl methyl sites for hydroxylation is 1. The number of rotatable bonds is 7. The van der Waals surface area contributed by atoms with Crippen molar-refractivity contribution in [2.24, 2.45) is 0 Å². The average Bonchev–Trinajstić information content (AvgIpc) is 3.02. The second-order valence-corrected chi connectivity index (χ2v) is 11.2. The molecule has 0 unspecified atom stereocenters. The number of hydrogen-bond donors (Lipinski definition) is 2. The molecular weight excluding hydrogens is 539 g/mol. The van der Waals surface area contributed by atoms with Crippen LogP contribution >= 0.6 is 46.3 Å². The molecule has 0 spiro atoms. The SMILES string of the molecule is COC(=O)c1c(NC(=O)CSc2cccc(NC(=O)c3ccc(Cl)cc3Cl)c2)sc2c1CCCCC2. The van der Waals surface area contributed by atoms with E-state index in [-0.39, 0.29) is 22.6 Å². The Balaban J connectivity index is 1.40. The number of hydrogen-bond acceptors (Lipinski definition) is 6. The molecule has 0 fully saturated rings. The maximum atomic E-state index is 12.8. The van der Waals surface area contributed by atoms with E-state index in [1.807, 2.05) is 6.07 Å². The van der Waals surface area contributed by atoms with Crippen LogP contribution in [-0.2, 0) is 22.4 Å². The van der Waals surface area contributed by atoms with E-state index >= 15 is 0 Å². The summed E-state index contributed by atoms with van der Waals surface area (Å²) >= 11 is 14.8. The van der Waals surface area contributed by atoms with Crippen molar-refractivity contribution in [2.45, 2.75) is 37.0 Å². The highest BCUT2D eigenvalue weighted by Crippen LogP contribution is 2.38. The van der Waals surface area contributed by atoms with Crippen LogP contribution in [0, 0.1) is 0 Å². The minimum Gasteiger partial charge on any atom is -0.465 e. The second kappa shape index (κ2) is 12.1. The number of benzene rings is 2. The Morgan fingerprint density at radius 1 is 1.03 bits per heavy atom. The van der Waals surface area contributed by atoms with E-state index in [9.17, 15) is 14.4 Å². The Kier molecular flexibility index (Phi) is 8.95. The minimum absolute atomic E-state index is 0.142. The molecule has 1 aliphatic rings. The first-order chi connectivity index (χ1) is 17.4. The first-order valence-electron chi connectivity index (χ1n) is 11.4. The highest BCUT2D eigenvalue weighted by Gasteiger charge is 2.26. The van der Waals surface area contributed by atoms with E-state index in [2.05, 4.69) is 10.6 Å². The van der Waals surface area contributed by atoms with Crippen molar-refractivity contribution in [3.63, 3.8) is 0 Å². The zero-order valence-corrected chi connectivity index (χ0v) is 22.6. The van der Waals surface area contributed by atoms with Gasteiger partial charge in [0.1, 0.15) is 5.00 Å². The molecule has 6 nitrogen and oxygen atoms in total. The van der Waals surface area contributed by atoms with Gasteiger partial charge in [-0.05, 0) is 67.6 Å². The van der Waals surface area contributed by atoms with Crippen LogP contribution in [0.4, 0.5) is 10.7 Å². The van der Waals surface area contributed by atoms with Crippen LogP contribution in [0.25, 0.3) is 0 Å². The Morgan fingerprint density at radius 2 is 1.83 bits per heavy atom. The van der Waals surface area contributed by atoms with Gasteiger partial charge in [0.2, 0.25) is 5.91 Å². The predicted molar refractivity (Wildman–Crippen MR) is 147 cm³/mol. The van der Waals surface area contributed by atoms with Crippen molar-refractivity contribution in [1.29, 1.82) is 0 Å². The first-order valence-corrected chi connectivity index (χ1v) is 13.9. The Labute approximate surface area is 227 Å². The molecule has 0 atom stereocenters. The fourth-order valence-electron chi connectivity index (χ4n) is 4.00. The maximum absolute atomic E-state index is 12.8. The van der Waals surface area contributed by atoms with Crippen LogP contribution in [0.3, 0.4) is 0 Å². The van der Waals surface area contributed by atoms with Gasteiger partial charge in [-0.3, -0.25) is 9.59 Å². The highest BCUT2D eigenvalue weighted by molar-refractivity contribution is 8.00. The molecule has 10 heteroatoms. The highest BCUT2D eigenvalue weighted by atomic mass is 35.5. The lowest BCUT2D eigenvalue weighted by atomic mass is 10.1. The molecule has 2 N–H and O–H groups in total. The minimum atomic E-state index is -0.415. The normalized spacial score (nSPS) is 12.9. The average molecular weight is 564 g/mol. The molecule has 1 aliphatic carbocycles. The Bertz CT molecular complexity index is 1310. The molecule has 0 saturated carbocycles. The Morgan fingerprint density at radius 3 is 2.61 bits per heavy atom. The monoisotopic (exact) mass is 562 g/mol. The maximum Gasteiger partial charge on any atom is 0.341 e. The lowest BCUT2D eigenvalue weighted by Crippen LogP contribution is -2.16. The molecule has 0 aliphatic heterocycles. The van der Waals surface area contributed by atoms with Crippen molar-refractivity contribution in [3.8, 4) is 0 Å². The summed E-state index contributed by atoms with van der Waals surface area (Å²) in [6, 6.07) is 11.9. The molecule has 1 aromatic heterocycles. The van der Waals surface area contributed by atoms with Gasteiger partial charge in [0.25, 0.3) is 5.91 Å². The third-order valence-corrected chi connectivity index (χ3v) is 8.45. The quantitative estimate of drug-likeness (QED) is 0.182. The van der Waals surface area contributed by atoms with Crippen LogP contribution in [0.5, 0.6) is 0 Å². The van der Waals surface area contributed by atoms with E-state index < -0.39 is 5.97 Å². The van der Waals surface area contributed by atoms with E-state index in [1.54, 1.807) is 30.3 Å². The van der Waals surface area contributed by atoms with Gasteiger partial charge < -0.3 is 15.4 Å². The van der Waals surface area contributed by atoms with Gasteiger partial charge in [0, 0.05) is 20.5 Å². The van der Waals surface area contributed by atoms with E-state index in [0.717, 1.165) is 47.4 Å². The number of ether oxygens (including phenoxy) is 1. The molecule has 1 heterocycles. The largest absolute Gasteiger partial charge is 0.465 e. The molecule has 0 bridgehead atoms. The van der Waals surface area contributed by atoms with Gasteiger partial charge in [-0.1, -0.05) is 35.7 Å².